The van der Waals surface area contributed by atoms with Gasteiger partial charge < -0.3 is 4.90 Å². The second-order valence-electron chi connectivity index (χ2n) is 4.02. The predicted octanol–water partition coefficient (Wildman–Crippen LogP) is 2.00. The summed E-state index contributed by atoms with van der Waals surface area (Å²) in [5.74, 6) is 0.823. The summed E-state index contributed by atoms with van der Waals surface area (Å²) in [5.41, 5.74) is 0. The first-order valence-electron chi connectivity index (χ1n) is 5.77. The van der Waals surface area contributed by atoms with Gasteiger partial charge in [0.15, 0.2) is 0 Å². The van der Waals surface area contributed by atoms with Gasteiger partial charge in [0.25, 0.3) is 0 Å². The summed E-state index contributed by atoms with van der Waals surface area (Å²) < 4.78 is 0. The standard InChI is InChI=1S/C12H20N2O/c1-2-14-9-6-12(7-10-14)5-3-4-8-13-11-15/h3-4,12H,2,5-10H2,1H3/b4-3-. The van der Waals surface area contributed by atoms with Gasteiger partial charge in [-0.15, -0.1) is 0 Å². The molecule has 1 heterocycles. The number of piperidine rings is 1. The van der Waals surface area contributed by atoms with Crippen LogP contribution in [0.3, 0.4) is 0 Å². The first kappa shape index (κ1) is 12.2. The molecule has 0 atom stereocenters. The molecule has 0 aromatic rings. The fourth-order valence-electron chi connectivity index (χ4n) is 1.99. The monoisotopic (exact) mass is 208 g/mol. The van der Waals surface area contributed by atoms with Crippen molar-refractivity contribution < 1.29 is 4.79 Å². The van der Waals surface area contributed by atoms with Crippen molar-refractivity contribution in [2.24, 2.45) is 10.9 Å². The molecule has 84 valence electrons. The molecule has 3 heteroatoms. The molecule has 0 saturated carbocycles. The summed E-state index contributed by atoms with van der Waals surface area (Å²) in [4.78, 5) is 15.8. The lowest BCUT2D eigenvalue weighted by atomic mass is 9.93. The molecule has 1 rings (SSSR count). The van der Waals surface area contributed by atoms with E-state index in [2.05, 4.69) is 22.9 Å². The lowest BCUT2D eigenvalue weighted by Gasteiger charge is -2.30. The number of aliphatic imine (C=N–C) groups is 1. The highest BCUT2D eigenvalue weighted by atomic mass is 16.1. The van der Waals surface area contributed by atoms with Gasteiger partial charge in [-0.2, -0.15) is 0 Å². The van der Waals surface area contributed by atoms with Crippen molar-refractivity contribution in [1.82, 2.24) is 4.90 Å². The van der Waals surface area contributed by atoms with Gasteiger partial charge in [0.2, 0.25) is 6.08 Å². The van der Waals surface area contributed by atoms with Crippen LogP contribution in [0.2, 0.25) is 0 Å². The number of hydrogen-bond acceptors (Lipinski definition) is 3. The van der Waals surface area contributed by atoms with Gasteiger partial charge in [-0.1, -0.05) is 19.1 Å². The van der Waals surface area contributed by atoms with Crippen LogP contribution in [0.15, 0.2) is 17.1 Å². The molecule has 1 saturated heterocycles. The Balaban J connectivity index is 2.13. The minimum atomic E-state index is 0.483. The zero-order valence-corrected chi connectivity index (χ0v) is 9.48. The maximum absolute atomic E-state index is 9.81. The molecule has 0 amide bonds. The van der Waals surface area contributed by atoms with Crippen molar-refractivity contribution in [3.63, 3.8) is 0 Å². The quantitative estimate of drug-likeness (QED) is 0.393. The van der Waals surface area contributed by atoms with Crippen LogP contribution < -0.4 is 0 Å². The summed E-state index contributed by atoms with van der Waals surface area (Å²) in [7, 11) is 0. The Morgan fingerprint density at radius 1 is 1.40 bits per heavy atom. The van der Waals surface area contributed by atoms with E-state index in [1.165, 1.54) is 38.6 Å². The molecule has 0 unspecified atom stereocenters. The number of isocyanates is 1. The molecule has 3 nitrogen and oxygen atoms in total. The molecule has 0 aromatic heterocycles. The summed E-state index contributed by atoms with van der Waals surface area (Å²) in [6.07, 6.45) is 9.37. The summed E-state index contributed by atoms with van der Waals surface area (Å²) in [6, 6.07) is 0. The molecule has 0 radical (unpaired) electrons. The van der Waals surface area contributed by atoms with E-state index in [0.29, 0.717) is 6.54 Å². The lowest BCUT2D eigenvalue weighted by molar-refractivity contribution is 0.193. The predicted molar refractivity (Wildman–Crippen MR) is 61.6 cm³/mol. The molecule has 1 fully saturated rings. The molecule has 0 N–H and O–H groups in total. The molecule has 0 aliphatic carbocycles. The number of nitrogens with zero attached hydrogens (tertiary/aromatic N) is 2. The molecule has 0 aromatic carbocycles. The van der Waals surface area contributed by atoms with Crippen LogP contribution in [0.25, 0.3) is 0 Å². The summed E-state index contributed by atoms with van der Waals surface area (Å²) >= 11 is 0. The Hall–Kier alpha value is -0.920. The highest BCUT2D eigenvalue weighted by molar-refractivity contribution is 5.33. The molecule has 0 spiro atoms. The molecule has 1 aliphatic heterocycles. The van der Waals surface area contributed by atoms with Crippen LogP contribution in [0, 0.1) is 5.92 Å². The Morgan fingerprint density at radius 2 is 2.13 bits per heavy atom. The maximum Gasteiger partial charge on any atom is 0.235 e. The van der Waals surface area contributed by atoms with Gasteiger partial charge in [0.1, 0.15) is 0 Å². The zero-order chi connectivity index (χ0) is 10.9. The minimum absolute atomic E-state index is 0.483. The highest BCUT2D eigenvalue weighted by Crippen LogP contribution is 2.20. The van der Waals surface area contributed by atoms with Crippen molar-refractivity contribution in [2.45, 2.75) is 26.2 Å². The Morgan fingerprint density at radius 3 is 2.73 bits per heavy atom. The third-order valence-corrected chi connectivity index (χ3v) is 3.05. The van der Waals surface area contributed by atoms with Gasteiger partial charge in [0, 0.05) is 0 Å². The topological polar surface area (TPSA) is 32.7 Å². The van der Waals surface area contributed by atoms with Crippen LogP contribution in [0.1, 0.15) is 26.2 Å². The van der Waals surface area contributed by atoms with Gasteiger partial charge in [-0.25, -0.2) is 9.79 Å². The van der Waals surface area contributed by atoms with Gasteiger partial charge >= 0.3 is 0 Å². The first-order chi connectivity index (χ1) is 7.36. The van der Waals surface area contributed by atoms with Crippen molar-refractivity contribution in [3.8, 4) is 0 Å². The minimum Gasteiger partial charge on any atom is -0.304 e. The van der Waals surface area contributed by atoms with E-state index in [0.717, 1.165) is 12.3 Å². The number of hydrogen-bond donors (Lipinski definition) is 0. The van der Waals surface area contributed by atoms with Crippen LogP contribution in [-0.4, -0.2) is 37.2 Å². The van der Waals surface area contributed by atoms with E-state index in [1.54, 1.807) is 0 Å². The van der Waals surface area contributed by atoms with E-state index >= 15 is 0 Å². The SMILES string of the molecule is CCN1CCC(C/C=C\CN=C=O)CC1. The van der Waals surface area contributed by atoms with Gasteiger partial charge in [0.05, 0.1) is 6.54 Å². The summed E-state index contributed by atoms with van der Waals surface area (Å²) in [5, 5.41) is 0. The van der Waals surface area contributed by atoms with Crippen molar-refractivity contribution in [2.75, 3.05) is 26.2 Å². The normalized spacial score (nSPS) is 19.3. The average molecular weight is 208 g/mol. The number of rotatable bonds is 5. The van der Waals surface area contributed by atoms with E-state index < -0.39 is 0 Å². The fraction of sp³-hybridized carbons (Fsp3) is 0.750. The van der Waals surface area contributed by atoms with Crippen LogP contribution >= 0.6 is 0 Å². The fourth-order valence-corrected chi connectivity index (χ4v) is 1.99. The molecule has 0 bridgehead atoms. The molecular weight excluding hydrogens is 188 g/mol. The average Bonchev–Trinajstić information content (AvgIpc) is 2.30. The van der Waals surface area contributed by atoms with Crippen LogP contribution in [-0.2, 0) is 4.79 Å². The van der Waals surface area contributed by atoms with E-state index in [4.69, 9.17) is 0 Å². The molecule has 15 heavy (non-hydrogen) atoms. The number of carbonyl (C=O) groups excluding carboxylic acids is 1. The second-order valence-corrected chi connectivity index (χ2v) is 4.02. The van der Waals surface area contributed by atoms with Gasteiger partial charge in [-0.05, 0) is 44.8 Å². The third kappa shape index (κ3) is 4.91. The van der Waals surface area contributed by atoms with Crippen molar-refractivity contribution in [3.05, 3.63) is 12.2 Å². The largest absolute Gasteiger partial charge is 0.304 e. The summed E-state index contributed by atoms with van der Waals surface area (Å²) in [6.45, 7) is 6.36. The zero-order valence-electron chi connectivity index (χ0n) is 9.48. The molecule has 1 aliphatic rings. The second kappa shape index (κ2) is 7.38. The Bertz CT molecular complexity index is 236. The smallest absolute Gasteiger partial charge is 0.235 e. The highest BCUT2D eigenvalue weighted by Gasteiger charge is 2.16. The Kier molecular flexibility index (Phi) is 5.98. The van der Waals surface area contributed by atoms with Crippen LogP contribution in [0.5, 0.6) is 0 Å². The third-order valence-electron chi connectivity index (χ3n) is 3.05. The lowest BCUT2D eigenvalue weighted by Crippen LogP contribution is -2.33. The number of allylic oxidation sites excluding steroid dienone is 1. The first-order valence-corrected chi connectivity index (χ1v) is 5.77. The van der Waals surface area contributed by atoms with E-state index in [-0.39, 0.29) is 0 Å². The number of likely N-dealkylation sites (tertiary alicyclic amines) is 1. The maximum atomic E-state index is 9.81. The van der Waals surface area contributed by atoms with Crippen molar-refractivity contribution in [1.29, 1.82) is 0 Å². The van der Waals surface area contributed by atoms with Crippen molar-refractivity contribution >= 4 is 6.08 Å². The van der Waals surface area contributed by atoms with E-state index in [9.17, 15) is 4.79 Å². The molecular formula is C12H20N2O. The Labute approximate surface area is 91.9 Å². The van der Waals surface area contributed by atoms with E-state index in [1.807, 2.05) is 6.08 Å². The van der Waals surface area contributed by atoms with Gasteiger partial charge in [-0.3, -0.25) is 0 Å². The van der Waals surface area contributed by atoms with Crippen LogP contribution in [0.4, 0.5) is 0 Å².